The second-order valence-electron chi connectivity index (χ2n) is 7.26. The molecule has 31 heavy (non-hydrogen) atoms. The number of morpholine rings is 1. The summed E-state index contributed by atoms with van der Waals surface area (Å²) in [7, 11) is 0. The van der Waals surface area contributed by atoms with E-state index < -0.39 is 0 Å². The van der Waals surface area contributed by atoms with Crippen LogP contribution < -0.4 is 10.2 Å². The van der Waals surface area contributed by atoms with Gasteiger partial charge in [0, 0.05) is 36.7 Å². The number of ether oxygens (including phenoxy) is 1. The number of nitrogens with one attached hydrogen (secondary N) is 1. The van der Waals surface area contributed by atoms with Crippen LogP contribution >= 0.6 is 0 Å². The molecule has 4 aromatic rings. The monoisotopic (exact) mass is 414 g/mol. The highest BCUT2D eigenvalue weighted by atomic mass is 16.5. The van der Waals surface area contributed by atoms with E-state index in [-0.39, 0.29) is 0 Å². The molecule has 0 unspecified atom stereocenters. The Morgan fingerprint density at radius 3 is 2.84 bits per heavy atom. The topological polar surface area (TPSA) is 93.3 Å². The van der Waals surface area contributed by atoms with Crippen LogP contribution in [0.5, 0.6) is 0 Å². The van der Waals surface area contributed by atoms with Gasteiger partial charge in [-0.1, -0.05) is 18.2 Å². The number of benzene rings is 1. The molecule has 0 radical (unpaired) electrons. The van der Waals surface area contributed by atoms with Gasteiger partial charge in [0.25, 0.3) is 0 Å². The van der Waals surface area contributed by atoms with Gasteiger partial charge in [-0.3, -0.25) is 4.98 Å². The van der Waals surface area contributed by atoms with Crippen molar-refractivity contribution < 1.29 is 4.74 Å². The van der Waals surface area contributed by atoms with Gasteiger partial charge in [-0.25, -0.2) is 9.66 Å². The molecule has 156 valence electrons. The molecule has 3 aromatic heterocycles. The molecule has 1 aromatic carbocycles. The third kappa shape index (κ3) is 4.22. The van der Waals surface area contributed by atoms with Gasteiger partial charge in [0.15, 0.2) is 17.0 Å². The van der Waals surface area contributed by atoms with Crippen LogP contribution in [0, 0.1) is 6.92 Å². The summed E-state index contributed by atoms with van der Waals surface area (Å²) < 4.78 is 7.15. The first-order chi connectivity index (χ1) is 15.3. The zero-order valence-corrected chi connectivity index (χ0v) is 17.1. The highest BCUT2D eigenvalue weighted by Gasteiger charge is 2.19. The molecule has 1 fully saturated rings. The molecule has 0 saturated carbocycles. The van der Waals surface area contributed by atoms with Gasteiger partial charge < -0.3 is 15.0 Å². The Hall–Kier alpha value is -3.85. The van der Waals surface area contributed by atoms with Crippen LogP contribution in [0.25, 0.3) is 11.2 Å². The number of anilines is 3. The number of imidazole rings is 1. The number of aromatic nitrogens is 5. The van der Waals surface area contributed by atoms with Crippen molar-refractivity contribution in [2.24, 2.45) is 5.10 Å². The molecule has 1 aliphatic rings. The Bertz CT molecular complexity index is 1210. The molecule has 0 amide bonds. The lowest BCUT2D eigenvalue weighted by Crippen LogP contribution is -2.37. The summed E-state index contributed by atoms with van der Waals surface area (Å²) in [5.74, 6) is 1.27. The van der Waals surface area contributed by atoms with Gasteiger partial charge >= 0.3 is 0 Å². The maximum atomic E-state index is 5.48. The van der Waals surface area contributed by atoms with E-state index in [2.05, 4.69) is 44.3 Å². The Kier molecular flexibility index (Phi) is 5.24. The van der Waals surface area contributed by atoms with E-state index in [0.717, 1.165) is 29.9 Å². The van der Waals surface area contributed by atoms with Gasteiger partial charge in [0.1, 0.15) is 6.33 Å². The fraction of sp³-hybridized carbons (Fsp3) is 0.227. The summed E-state index contributed by atoms with van der Waals surface area (Å²) in [5.41, 5.74) is 4.29. The van der Waals surface area contributed by atoms with Crippen molar-refractivity contribution in [1.29, 1.82) is 0 Å². The zero-order chi connectivity index (χ0) is 21.0. The number of hydrogen-bond acceptors (Lipinski definition) is 8. The Morgan fingerprint density at radius 2 is 2.03 bits per heavy atom. The van der Waals surface area contributed by atoms with E-state index in [9.17, 15) is 0 Å². The molecular weight excluding hydrogens is 392 g/mol. The molecule has 9 heteroatoms. The minimum atomic E-state index is 0.629. The van der Waals surface area contributed by atoms with Crippen LogP contribution in [-0.4, -0.2) is 57.1 Å². The standard InChI is InChI=1S/C22H22N8O/c1-16-4-2-6-18(12-16)26-20-19-21(28-22(27-20)29-8-10-31-11-9-29)30(15-24-19)25-14-17-5-3-7-23-13-17/h2-7,12-15H,8-11H2,1H3,(H,26,27,28). The lowest BCUT2D eigenvalue weighted by Gasteiger charge is -2.27. The molecular formula is C22H22N8O. The first kappa shape index (κ1) is 19.1. The molecule has 5 rings (SSSR count). The molecule has 4 heterocycles. The summed E-state index contributed by atoms with van der Waals surface area (Å²) in [6, 6.07) is 12.0. The first-order valence-electron chi connectivity index (χ1n) is 10.1. The maximum absolute atomic E-state index is 5.48. The third-order valence-electron chi connectivity index (χ3n) is 4.96. The Labute approximate surface area is 179 Å². The third-order valence-corrected chi connectivity index (χ3v) is 4.96. The van der Waals surface area contributed by atoms with E-state index >= 15 is 0 Å². The van der Waals surface area contributed by atoms with Crippen molar-refractivity contribution in [1.82, 2.24) is 24.6 Å². The largest absolute Gasteiger partial charge is 0.378 e. The molecule has 9 nitrogen and oxygen atoms in total. The van der Waals surface area contributed by atoms with Crippen LogP contribution in [0.1, 0.15) is 11.1 Å². The van der Waals surface area contributed by atoms with Gasteiger partial charge in [0.2, 0.25) is 5.95 Å². The van der Waals surface area contributed by atoms with Crippen LogP contribution in [0.3, 0.4) is 0 Å². The van der Waals surface area contributed by atoms with Crippen LogP contribution in [0.15, 0.2) is 60.2 Å². The lowest BCUT2D eigenvalue weighted by atomic mass is 10.2. The fourth-order valence-electron chi connectivity index (χ4n) is 3.39. The zero-order valence-electron chi connectivity index (χ0n) is 17.1. The number of rotatable bonds is 5. The quantitative estimate of drug-likeness (QED) is 0.502. The number of aryl methyl sites for hydroxylation is 1. The van der Waals surface area contributed by atoms with Gasteiger partial charge in [0.05, 0.1) is 19.4 Å². The predicted octanol–water partition coefficient (Wildman–Crippen LogP) is 2.99. The van der Waals surface area contributed by atoms with Crippen LogP contribution in [0.2, 0.25) is 0 Å². The SMILES string of the molecule is Cc1cccc(Nc2nc(N3CCOCC3)nc3c2ncn3N=Cc2cccnc2)c1. The molecule has 1 aliphatic heterocycles. The van der Waals surface area contributed by atoms with Crippen molar-refractivity contribution in [3.63, 3.8) is 0 Å². The summed E-state index contributed by atoms with van der Waals surface area (Å²) in [5, 5.41) is 7.95. The predicted molar refractivity (Wildman–Crippen MR) is 120 cm³/mol. The average Bonchev–Trinajstić information content (AvgIpc) is 3.22. The Balaban J connectivity index is 1.57. The molecule has 0 spiro atoms. The summed E-state index contributed by atoms with van der Waals surface area (Å²) >= 11 is 0. The smallest absolute Gasteiger partial charge is 0.229 e. The first-order valence-corrected chi connectivity index (χ1v) is 10.1. The lowest BCUT2D eigenvalue weighted by molar-refractivity contribution is 0.122. The van der Waals surface area contributed by atoms with Crippen molar-refractivity contribution in [3.05, 3.63) is 66.2 Å². The molecule has 1 N–H and O–H groups in total. The molecule has 1 saturated heterocycles. The van der Waals surface area contributed by atoms with E-state index in [1.807, 2.05) is 24.3 Å². The second-order valence-corrected chi connectivity index (χ2v) is 7.26. The highest BCUT2D eigenvalue weighted by Crippen LogP contribution is 2.26. The van der Waals surface area contributed by atoms with E-state index in [1.165, 1.54) is 0 Å². The van der Waals surface area contributed by atoms with Crippen molar-refractivity contribution >= 4 is 34.8 Å². The van der Waals surface area contributed by atoms with Gasteiger partial charge in [-0.05, 0) is 30.7 Å². The summed E-state index contributed by atoms with van der Waals surface area (Å²) in [6.07, 6.45) is 6.87. The second kappa shape index (κ2) is 8.49. The normalized spacial score (nSPS) is 14.4. The van der Waals surface area contributed by atoms with E-state index in [0.29, 0.717) is 36.1 Å². The van der Waals surface area contributed by atoms with E-state index in [4.69, 9.17) is 14.7 Å². The summed E-state index contributed by atoms with van der Waals surface area (Å²) in [6.45, 7) is 4.84. The van der Waals surface area contributed by atoms with Gasteiger partial charge in [-0.2, -0.15) is 15.1 Å². The van der Waals surface area contributed by atoms with E-state index in [1.54, 1.807) is 29.6 Å². The van der Waals surface area contributed by atoms with Crippen molar-refractivity contribution in [2.45, 2.75) is 6.92 Å². The van der Waals surface area contributed by atoms with Crippen LogP contribution in [-0.2, 0) is 4.74 Å². The van der Waals surface area contributed by atoms with Crippen molar-refractivity contribution in [3.8, 4) is 0 Å². The molecule has 0 bridgehead atoms. The highest BCUT2D eigenvalue weighted by molar-refractivity contribution is 5.87. The van der Waals surface area contributed by atoms with Crippen molar-refractivity contribution in [2.75, 3.05) is 36.5 Å². The van der Waals surface area contributed by atoms with Gasteiger partial charge in [-0.15, -0.1) is 0 Å². The fourth-order valence-corrected chi connectivity index (χ4v) is 3.39. The number of hydrogen-bond donors (Lipinski definition) is 1. The minimum absolute atomic E-state index is 0.629. The number of pyridine rings is 1. The van der Waals surface area contributed by atoms with Crippen LogP contribution in [0.4, 0.5) is 17.5 Å². The summed E-state index contributed by atoms with van der Waals surface area (Å²) in [4.78, 5) is 20.3. The molecule has 0 atom stereocenters. The number of fused-ring (bicyclic) bond motifs is 1. The molecule has 0 aliphatic carbocycles. The number of nitrogens with zero attached hydrogens (tertiary/aromatic N) is 7. The average molecular weight is 414 g/mol. The Morgan fingerprint density at radius 1 is 1.13 bits per heavy atom. The minimum Gasteiger partial charge on any atom is -0.378 e. The maximum Gasteiger partial charge on any atom is 0.229 e.